The first-order valence-electron chi connectivity index (χ1n) is 9.50. The molecule has 1 fully saturated rings. The summed E-state index contributed by atoms with van der Waals surface area (Å²) in [7, 11) is 4.16. The van der Waals surface area contributed by atoms with Gasteiger partial charge in [0.2, 0.25) is 0 Å². The Morgan fingerprint density at radius 1 is 1.42 bits per heavy atom. The molecule has 7 heteroatoms. The maximum atomic E-state index is 13.0. The Hall–Kier alpha value is -2.15. The third-order valence-electron chi connectivity index (χ3n) is 5.28. The smallest absolute Gasteiger partial charge is 0.274 e. The molecule has 0 unspecified atom stereocenters. The highest BCUT2D eigenvalue weighted by Gasteiger charge is 2.30. The van der Waals surface area contributed by atoms with E-state index in [-0.39, 0.29) is 11.8 Å². The number of rotatable bonds is 6. The standard InChI is InChI=1S/C19H30N6O/c1-5-16-14(2)17(22-21-16)19(26)25-9-6-7-15(13-25)18-20-8-10-24(18)12-11-23(3)4/h8,10,15H,5-7,9,11-13H2,1-4H3,(H,21,22)/t15-/m0/s1. The number of carbonyl (C=O) groups is 1. The van der Waals surface area contributed by atoms with Gasteiger partial charge in [0.1, 0.15) is 5.82 Å². The number of amides is 1. The SMILES string of the molecule is CCc1[nH]nc(C(=O)N2CCC[C@H](c3nccn3CCN(C)C)C2)c1C. The van der Waals surface area contributed by atoms with Gasteiger partial charge in [-0.05, 0) is 40.3 Å². The Balaban J connectivity index is 1.72. The number of aryl methyl sites for hydroxylation is 1. The summed E-state index contributed by atoms with van der Waals surface area (Å²) in [5.74, 6) is 1.42. The van der Waals surface area contributed by atoms with E-state index in [1.807, 2.05) is 24.2 Å². The first-order chi connectivity index (χ1) is 12.5. The highest BCUT2D eigenvalue weighted by atomic mass is 16.2. The van der Waals surface area contributed by atoms with Crippen molar-refractivity contribution in [1.29, 1.82) is 0 Å². The molecule has 0 aromatic carbocycles. The predicted octanol–water partition coefficient (Wildman–Crippen LogP) is 2.06. The number of nitrogens with zero attached hydrogens (tertiary/aromatic N) is 5. The molecule has 1 aliphatic heterocycles. The van der Waals surface area contributed by atoms with E-state index in [1.165, 1.54) is 0 Å². The number of nitrogens with one attached hydrogen (secondary N) is 1. The average Bonchev–Trinajstić information content (AvgIpc) is 3.25. The van der Waals surface area contributed by atoms with E-state index in [1.54, 1.807) is 0 Å². The van der Waals surface area contributed by atoms with Gasteiger partial charge in [-0.3, -0.25) is 9.89 Å². The van der Waals surface area contributed by atoms with Gasteiger partial charge in [0.05, 0.1) is 0 Å². The summed E-state index contributed by atoms with van der Waals surface area (Å²) in [5.41, 5.74) is 2.59. The molecule has 1 N–H and O–H groups in total. The molecule has 2 aromatic rings. The lowest BCUT2D eigenvalue weighted by molar-refractivity contribution is 0.0696. The second-order valence-electron chi connectivity index (χ2n) is 7.40. The number of carbonyl (C=O) groups excluding carboxylic acids is 1. The van der Waals surface area contributed by atoms with E-state index >= 15 is 0 Å². The Morgan fingerprint density at radius 2 is 2.23 bits per heavy atom. The largest absolute Gasteiger partial charge is 0.337 e. The fourth-order valence-corrected chi connectivity index (χ4v) is 3.69. The highest BCUT2D eigenvalue weighted by Crippen LogP contribution is 2.27. The van der Waals surface area contributed by atoms with Crippen LogP contribution in [0.25, 0.3) is 0 Å². The summed E-state index contributed by atoms with van der Waals surface area (Å²) >= 11 is 0. The maximum absolute atomic E-state index is 13.0. The molecular weight excluding hydrogens is 328 g/mol. The van der Waals surface area contributed by atoms with Crippen LogP contribution in [-0.4, -0.2) is 69.2 Å². The van der Waals surface area contributed by atoms with Gasteiger partial charge in [-0.15, -0.1) is 0 Å². The molecule has 3 heterocycles. The summed E-state index contributed by atoms with van der Waals surface area (Å²) < 4.78 is 2.23. The molecule has 1 saturated heterocycles. The fraction of sp³-hybridized carbons (Fsp3) is 0.632. The Kier molecular flexibility index (Phi) is 5.76. The van der Waals surface area contributed by atoms with E-state index in [0.29, 0.717) is 12.2 Å². The number of hydrogen-bond acceptors (Lipinski definition) is 4. The van der Waals surface area contributed by atoms with Gasteiger partial charge < -0.3 is 14.4 Å². The molecule has 142 valence electrons. The van der Waals surface area contributed by atoms with E-state index < -0.39 is 0 Å². The summed E-state index contributed by atoms with van der Waals surface area (Å²) in [6.07, 6.45) is 6.85. The highest BCUT2D eigenvalue weighted by molar-refractivity contribution is 5.94. The number of hydrogen-bond donors (Lipinski definition) is 1. The topological polar surface area (TPSA) is 70.0 Å². The van der Waals surface area contributed by atoms with Crippen LogP contribution in [0.15, 0.2) is 12.4 Å². The molecule has 0 radical (unpaired) electrons. The molecule has 3 rings (SSSR count). The van der Waals surface area contributed by atoms with Crippen molar-refractivity contribution < 1.29 is 4.79 Å². The van der Waals surface area contributed by atoms with Crippen LogP contribution in [0.1, 0.15) is 53.3 Å². The van der Waals surface area contributed by atoms with Gasteiger partial charge >= 0.3 is 0 Å². The second kappa shape index (κ2) is 8.03. The van der Waals surface area contributed by atoms with Crippen molar-refractivity contribution in [3.8, 4) is 0 Å². The van der Waals surface area contributed by atoms with Gasteiger partial charge in [-0.2, -0.15) is 5.10 Å². The monoisotopic (exact) mass is 358 g/mol. The van der Waals surface area contributed by atoms with E-state index in [4.69, 9.17) is 0 Å². The number of H-pyrrole nitrogens is 1. The van der Waals surface area contributed by atoms with Crippen molar-refractivity contribution in [2.24, 2.45) is 0 Å². The van der Waals surface area contributed by atoms with Crippen molar-refractivity contribution in [3.63, 3.8) is 0 Å². The molecule has 1 aliphatic rings. The molecule has 2 aromatic heterocycles. The maximum Gasteiger partial charge on any atom is 0.274 e. The molecule has 0 bridgehead atoms. The molecular formula is C19H30N6O. The lowest BCUT2D eigenvalue weighted by Crippen LogP contribution is -2.40. The Morgan fingerprint density at radius 3 is 2.92 bits per heavy atom. The second-order valence-corrected chi connectivity index (χ2v) is 7.40. The van der Waals surface area contributed by atoms with Crippen LogP contribution in [-0.2, 0) is 13.0 Å². The first kappa shape index (κ1) is 18.6. The van der Waals surface area contributed by atoms with Crippen LogP contribution in [0.5, 0.6) is 0 Å². The van der Waals surface area contributed by atoms with Crippen LogP contribution in [0, 0.1) is 6.92 Å². The van der Waals surface area contributed by atoms with Crippen molar-refractivity contribution in [2.75, 3.05) is 33.7 Å². The molecule has 0 saturated carbocycles. The molecule has 1 atom stereocenters. The minimum absolute atomic E-state index is 0.0366. The van der Waals surface area contributed by atoms with E-state index in [9.17, 15) is 4.79 Å². The van der Waals surface area contributed by atoms with Crippen molar-refractivity contribution >= 4 is 5.91 Å². The minimum atomic E-state index is 0.0366. The van der Waals surface area contributed by atoms with Gasteiger partial charge in [-0.25, -0.2) is 4.98 Å². The van der Waals surface area contributed by atoms with E-state index in [0.717, 1.165) is 56.0 Å². The quantitative estimate of drug-likeness (QED) is 0.858. The number of likely N-dealkylation sites (tertiary alicyclic amines) is 1. The zero-order valence-electron chi connectivity index (χ0n) is 16.3. The molecule has 0 aliphatic carbocycles. The third kappa shape index (κ3) is 3.82. The zero-order chi connectivity index (χ0) is 18.7. The van der Waals surface area contributed by atoms with Crippen LogP contribution in [0.3, 0.4) is 0 Å². The van der Waals surface area contributed by atoms with Crippen molar-refractivity contribution in [1.82, 2.24) is 29.5 Å². The van der Waals surface area contributed by atoms with Crippen molar-refractivity contribution in [2.45, 2.75) is 45.6 Å². The van der Waals surface area contributed by atoms with Crippen LogP contribution in [0.4, 0.5) is 0 Å². The third-order valence-corrected chi connectivity index (χ3v) is 5.28. The number of aromatic amines is 1. The normalized spacial score (nSPS) is 17.9. The van der Waals surface area contributed by atoms with Gasteiger partial charge in [0, 0.05) is 55.7 Å². The number of imidazole rings is 1. The number of aromatic nitrogens is 4. The summed E-state index contributed by atoms with van der Waals surface area (Å²) in [6, 6.07) is 0. The van der Waals surface area contributed by atoms with Gasteiger partial charge in [0.25, 0.3) is 5.91 Å². The molecule has 1 amide bonds. The zero-order valence-corrected chi connectivity index (χ0v) is 16.3. The number of piperidine rings is 1. The fourth-order valence-electron chi connectivity index (χ4n) is 3.69. The van der Waals surface area contributed by atoms with Gasteiger partial charge in [0.15, 0.2) is 5.69 Å². The van der Waals surface area contributed by atoms with Gasteiger partial charge in [-0.1, -0.05) is 6.92 Å². The summed E-state index contributed by atoms with van der Waals surface area (Å²) in [4.78, 5) is 21.7. The van der Waals surface area contributed by atoms with Crippen LogP contribution < -0.4 is 0 Å². The lowest BCUT2D eigenvalue weighted by atomic mass is 9.96. The Bertz CT molecular complexity index is 747. The van der Waals surface area contributed by atoms with E-state index in [2.05, 4.69) is 45.7 Å². The van der Waals surface area contributed by atoms with Crippen molar-refractivity contribution in [3.05, 3.63) is 35.2 Å². The predicted molar refractivity (Wildman–Crippen MR) is 101 cm³/mol. The number of likely N-dealkylation sites (N-methyl/N-ethyl adjacent to an activating group) is 1. The summed E-state index contributed by atoms with van der Waals surface area (Å²) in [6.45, 7) is 7.45. The molecule has 0 spiro atoms. The molecule has 7 nitrogen and oxygen atoms in total. The molecule has 26 heavy (non-hydrogen) atoms. The average molecular weight is 358 g/mol. The lowest BCUT2D eigenvalue weighted by Gasteiger charge is -2.32. The first-order valence-corrected chi connectivity index (χ1v) is 9.50. The minimum Gasteiger partial charge on any atom is -0.337 e. The van der Waals surface area contributed by atoms with Crippen LogP contribution in [0.2, 0.25) is 0 Å². The Labute approximate surface area is 155 Å². The van der Waals surface area contributed by atoms with Crippen LogP contribution >= 0.6 is 0 Å². The summed E-state index contributed by atoms with van der Waals surface area (Å²) in [5, 5.41) is 7.27.